The number of aryl methyl sites for hydroxylation is 1. The zero-order chi connectivity index (χ0) is 22.2. The van der Waals surface area contributed by atoms with E-state index in [1.54, 1.807) is 0 Å². The van der Waals surface area contributed by atoms with Gasteiger partial charge < -0.3 is 15.0 Å². The average Bonchev–Trinajstić information content (AvgIpc) is 3.12. The van der Waals surface area contributed by atoms with Gasteiger partial charge in [0.25, 0.3) is 0 Å². The van der Waals surface area contributed by atoms with Crippen molar-refractivity contribution in [2.45, 2.75) is 26.4 Å². The number of nitrogens with one attached hydrogen (secondary N) is 2. The number of benzene rings is 2. The third-order valence-electron chi connectivity index (χ3n) is 4.82. The van der Waals surface area contributed by atoms with Crippen LogP contribution in [0.4, 0.5) is 0 Å². The van der Waals surface area contributed by atoms with Crippen LogP contribution in [0.2, 0.25) is 0 Å². The van der Waals surface area contributed by atoms with Crippen molar-refractivity contribution in [3.8, 4) is 17.1 Å². The Kier molecular flexibility index (Phi) is 7.97. The quantitative estimate of drug-likeness (QED) is 0.473. The molecule has 31 heavy (non-hydrogen) atoms. The maximum atomic E-state index is 12.4. The van der Waals surface area contributed by atoms with Crippen molar-refractivity contribution in [3.05, 3.63) is 64.4 Å². The Morgan fingerprint density at radius 1 is 1.23 bits per heavy atom. The number of hydrogen-bond acceptors (Lipinski definition) is 5. The van der Waals surface area contributed by atoms with E-state index < -0.39 is 0 Å². The van der Waals surface area contributed by atoms with Gasteiger partial charge in [-0.25, -0.2) is 0 Å². The van der Waals surface area contributed by atoms with E-state index in [1.807, 2.05) is 68.1 Å². The minimum atomic E-state index is -0.0374. The molecule has 0 aliphatic heterocycles. The third kappa shape index (κ3) is 6.77. The van der Waals surface area contributed by atoms with Crippen molar-refractivity contribution < 1.29 is 9.53 Å². The van der Waals surface area contributed by atoms with Crippen LogP contribution in [0, 0.1) is 11.7 Å². The topological polar surface area (TPSA) is 75.2 Å². The number of carbonyl (C=O) groups excluding carboxylic acids is 1. The monoisotopic (exact) mass is 439 g/mol. The number of H-pyrrole nitrogens is 1. The highest BCUT2D eigenvalue weighted by Crippen LogP contribution is 2.19. The maximum absolute atomic E-state index is 12.4. The Labute approximate surface area is 188 Å². The van der Waals surface area contributed by atoms with Crippen LogP contribution in [-0.4, -0.2) is 52.8 Å². The smallest absolute Gasteiger partial charge is 0.222 e. The first kappa shape index (κ1) is 22.7. The minimum Gasteiger partial charge on any atom is -0.492 e. The largest absolute Gasteiger partial charge is 0.492 e. The van der Waals surface area contributed by atoms with Crippen LogP contribution >= 0.6 is 12.2 Å². The minimum absolute atomic E-state index is 0.0374. The number of aromatic amines is 1. The van der Waals surface area contributed by atoms with E-state index in [0.717, 1.165) is 34.8 Å². The highest BCUT2D eigenvalue weighted by Gasteiger charge is 2.11. The zero-order valence-electron chi connectivity index (χ0n) is 18.2. The molecule has 1 heterocycles. The fraction of sp³-hybridized carbons (Fsp3) is 0.348. The number of likely N-dealkylation sites (N-methyl/N-ethyl adjacent to an activating group) is 1. The summed E-state index contributed by atoms with van der Waals surface area (Å²) in [6.45, 7) is 4.47. The van der Waals surface area contributed by atoms with E-state index in [9.17, 15) is 4.79 Å². The van der Waals surface area contributed by atoms with Crippen LogP contribution in [0.3, 0.4) is 0 Å². The van der Waals surface area contributed by atoms with E-state index in [1.165, 1.54) is 0 Å². The summed E-state index contributed by atoms with van der Waals surface area (Å²) in [5, 5.41) is 10.1. The Morgan fingerprint density at radius 3 is 2.71 bits per heavy atom. The molecule has 1 aromatic heterocycles. The highest BCUT2D eigenvalue weighted by molar-refractivity contribution is 7.71. The second-order valence-corrected chi connectivity index (χ2v) is 8.08. The van der Waals surface area contributed by atoms with Crippen LogP contribution in [0.15, 0.2) is 48.5 Å². The summed E-state index contributed by atoms with van der Waals surface area (Å²) in [5.74, 6) is 1.53. The molecular weight excluding hydrogens is 410 g/mol. The molecule has 0 radical (unpaired) electrons. The Hall–Kier alpha value is -2.97. The van der Waals surface area contributed by atoms with E-state index >= 15 is 0 Å². The van der Waals surface area contributed by atoms with E-state index in [-0.39, 0.29) is 5.91 Å². The first-order chi connectivity index (χ1) is 14.9. The molecule has 0 aliphatic rings. The van der Waals surface area contributed by atoms with Crippen molar-refractivity contribution in [2.24, 2.45) is 0 Å². The molecule has 0 spiro atoms. The lowest BCUT2D eigenvalue weighted by Crippen LogP contribution is -2.24. The summed E-state index contributed by atoms with van der Waals surface area (Å²) in [6.07, 6.45) is 0.318. The van der Waals surface area contributed by atoms with Crippen molar-refractivity contribution >= 4 is 18.1 Å². The van der Waals surface area contributed by atoms with E-state index in [4.69, 9.17) is 17.0 Å². The Bertz CT molecular complexity index is 1060. The summed E-state index contributed by atoms with van der Waals surface area (Å²) in [7, 11) is 4.03. The van der Waals surface area contributed by atoms with Gasteiger partial charge in [-0.3, -0.25) is 14.5 Å². The molecule has 0 fully saturated rings. The summed E-state index contributed by atoms with van der Waals surface area (Å²) < 4.78 is 8.07. The van der Waals surface area contributed by atoms with Crippen molar-refractivity contribution in [1.82, 2.24) is 25.0 Å². The zero-order valence-corrected chi connectivity index (χ0v) is 19.0. The van der Waals surface area contributed by atoms with Gasteiger partial charge in [0, 0.05) is 31.6 Å². The lowest BCUT2D eigenvalue weighted by Gasteiger charge is -2.11. The molecule has 0 unspecified atom stereocenters. The number of ether oxygens (including phenoxy) is 1. The summed E-state index contributed by atoms with van der Waals surface area (Å²) in [5.41, 5.74) is 3.14. The second kappa shape index (κ2) is 10.9. The predicted molar refractivity (Wildman–Crippen MR) is 125 cm³/mol. The van der Waals surface area contributed by atoms with Gasteiger partial charge in [0.15, 0.2) is 10.6 Å². The molecule has 1 amide bonds. The fourth-order valence-electron chi connectivity index (χ4n) is 3.08. The Morgan fingerprint density at radius 2 is 2.00 bits per heavy atom. The summed E-state index contributed by atoms with van der Waals surface area (Å²) in [4.78, 5) is 14.5. The van der Waals surface area contributed by atoms with Crippen LogP contribution in [-0.2, 0) is 17.9 Å². The average molecular weight is 440 g/mol. The van der Waals surface area contributed by atoms with Crippen LogP contribution in [0.25, 0.3) is 11.4 Å². The van der Waals surface area contributed by atoms with Crippen molar-refractivity contribution in [1.29, 1.82) is 0 Å². The normalized spacial score (nSPS) is 11.0. The lowest BCUT2D eigenvalue weighted by atomic mass is 10.1. The standard InChI is InChI=1S/C23H29N5O2S/c1-17-5-4-6-19(15-17)22-25-26-23(31)28(22)12-11-21(29)24-16-18-7-9-20(10-8-18)30-14-13-27(2)3/h4-10,15H,11-14,16H2,1-3H3,(H,24,29)(H,26,31). The molecule has 0 aliphatic carbocycles. The number of nitrogens with zero attached hydrogens (tertiary/aromatic N) is 3. The number of amides is 1. The Balaban J connectivity index is 1.50. The molecule has 8 heteroatoms. The van der Waals surface area contributed by atoms with Gasteiger partial charge in [0.2, 0.25) is 5.91 Å². The number of hydrogen-bond donors (Lipinski definition) is 2. The third-order valence-corrected chi connectivity index (χ3v) is 5.13. The second-order valence-electron chi connectivity index (χ2n) is 7.70. The lowest BCUT2D eigenvalue weighted by molar-refractivity contribution is -0.121. The van der Waals surface area contributed by atoms with E-state index in [0.29, 0.717) is 30.9 Å². The molecule has 2 aromatic carbocycles. The first-order valence-electron chi connectivity index (χ1n) is 10.3. The van der Waals surface area contributed by atoms with Crippen molar-refractivity contribution in [2.75, 3.05) is 27.2 Å². The predicted octanol–water partition coefficient (Wildman–Crippen LogP) is 3.56. The molecule has 0 atom stereocenters. The first-order valence-corrected chi connectivity index (χ1v) is 10.7. The number of carbonyl (C=O) groups is 1. The molecule has 3 rings (SSSR count). The molecule has 0 saturated carbocycles. The molecule has 3 aromatic rings. The number of rotatable bonds is 10. The summed E-state index contributed by atoms with van der Waals surface area (Å²) >= 11 is 5.35. The van der Waals surface area contributed by atoms with Gasteiger partial charge in [-0.1, -0.05) is 35.9 Å². The maximum Gasteiger partial charge on any atom is 0.222 e. The van der Waals surface area contributed by atoms with Gasteiger partial charge in [-0.05, 0) is 57.0 Å². The van der Waals surface area contributed by atoms with Crippen LogP contribution in [0.1, 0.15) is 17.5 Å². The summed E-state index contributed by atoms with van der Waals surface area (Å²) in [6, 6.07) is 15.8. The van der Waals surface area contributed by atoms with Crippen molar-refractivity contribution in [3.63, 3.8) is 0 Å². The fourth-order valence-corrected chi connectivity index (χ4v) is 3.31. The van der Waals surface area contributed by atoms with Crippen LogP contribution in [0.5, 0.6) is 5.75 Å². The van der Waals surface area contributed by atoms with Gasteiger partial charge in [-0.2, -0.15) is 5.10 Å². The highest BCUT2D eigenvalue weighted by atomic mass is 32.1. The van der Waals surface area contributed by atoms with E-state index in [2.05, 4.69) is 26.5 Å². The molecule has 164 valence electrons. The van der Waals surface area contributed by atoms with Crippen LogP contribution < -0.4 is 10.1 Å². The molecule has 0 bridgehead atoms. The molecule has 2 N–H and O–H groups in total. The molecular formula is C23H29N5O2S. The van der Waals surface area contributed by atoms with Gasteiger partial charge in [-0.15, -0.1) is 0 Å². The number of aromatic nitrogens is 3. The van der Waals surface area contributed by atoms with Gasteiger partial charge in [0.1, 0.15) is 12.4 Å². The molecule has 0 saturated heterocycles. The van der Waals surface area contributed by atoms with Gasteiger partial charge >= 0.3 is 0 Å². The molecule has 7 nitrogen and oxygen atoms in total. The van der Waals surface area contributed by atoms with Gasteiger partial charge in [0.05, 0.1) is 0 Å². The SMILES string of the molecule is Cc1cccc(-c2n[nH]c(=S)n2CCC(=O)NCc2ccc(OCCN(C)C)cc2)c1.